The maximum absolute atomic E-state index is 15.9. The number of halogens is 8. The number of ether oxygens (including phenoxy) is 6. The number of amides is 7. The van der Waals surface area contributed by atoms with Gasteiger partial charge in [0.25, 0.3) is 11.8 Å². The molecule has 0 aliphatic carbocycles. The molecule has 4 aromatic carbocycles. The van der Waals surface area contributed by atoms with Crippen molar-refractivity contribution in [2.75, 3.05) is 113 Å². The summed E-state index contributed by atoms with van der Waals surface area (Å²) in [5.41, 5.74) is 1.90. The Hall–Kier alpha value is -11.6. The van der Waals surface area contributed by atoms with Gasteiger partial charge in [0, 0.05) is 107 Å². The summed E-state index contributed by atoms with van der Waals surface area (Å²) < 4.78 is 128. The lowest BCUT2D eigenvalue weighted by atomic mass is 9.90. The molecule has 0 saturated carbocycles. The number of carbonyl (C=O) groups is 7. The highest BCUT2D eigenvalue weighted by atomic mass is 35.5. The molecule has 8 aromatic rings. The van der Waals surface area contributed by atoms with Crippen LogP contribution in [-0.4, -0.2) is 216 Å². The van der Waals surface area contributed by atoms with Crippen molar-refractivity contribution in [3.8, 4) is 56.3 Å². The molecule has 4 aromatic heterocycles. The highest BCUT2D eigenvalue weighted by Gasteiger charge is 2.46. The number of alkyl halides is 6. The number of benzene rings is 4. The predicted molar refractivity (Wildman–Crippen MR) is 446 cm³/mol. The predicted octanol–water partition coefficient (Wildman–Crippen LogP) is 14.4. The summed E-state index contributed by atoms with van der Waals surface area (Å²) in [6.07, 6.45) is -1.95. The lowest BCUT2D eigenvalue weighted by Crippen LogP contribution is -2.56. The molecule has 37 heteroatoms. The first-order valence-electron chi connectivity index (χ1n) is 41.1. The number of nitrogens with one attached hydrogen (secondary N) is 7. The third-order valence-corrected chi connectivity index (χ3v) is 23.4. The van der Waals surface area contributed by atoms with E-state index < -0.39 is 89.2 Å². The molecule has 8 atom stereocenters. The van der Waals surface area contributed by atoms with Crippen LogP contribution in [0.25, 0.3) is 44.8 Å². The minimum atomic E-state index is -5.26. The maximum atomic E-state index is 15.9. The lowest BCUT2D eigenvalue weighted by molar-refractivity contribution is -0.276. The number of hydrogen-bond donors (Lipinski definition) is 7. The average molecular weight is 1750 g/mol. The number of hydrogen-bond acceptors (Lipinski definition) is 20. The van der Waals surface area contributed by atoms with Crippen LogP contribution in [0.15, 0.2) is 122 Å². The third kappa shape index (κ3) is 21.6. The summed E-state index contributed by atoms with van der Waals surface area (Å²) >= 11 is 6.60. The van der Waals surface area contributed by atoms with E-state index >= 15 is 4.39 Å². The molecule has 6 aliphatic heterocycles. The van der Waals surface area contributed by atoms with Crippen LogP contribution in [0.2, 0.25) is 5.02 Å². The van der Waals surface area contributed by atoms with E-state index in [2.05, 4.69) is 82.7 Å². The fraction of sp³-hybridized carbons (Fsp3) is 0.460. The summed E-state index contributed by atoms with van der Waals surface area (Å²) in [5.74, 6) is -2.93. The number of aromatic nitrogens is 6. The summed E-state index contributed by atoms with van der Waals surface area (Å²) in [6, 6.07) is 21.8. The van der Waals surface area contributed by atoms with E-state index in [9.17, 15) is 59.9 Å². The van der Waals surface area contributed by atoms with E-state index in [0.717, 1.165) is 31.8 Å². The van der Waals surface area contributed by atoms with Crippen LogP contribution in [-0.2, 0) is 33.3 Å². The molecule has 14 rings (SSSR count). The minimum absolute atomic E-state index is 0.00101. The number of rotatable bonds is 20. The zero-order chi connectivity index (χ0) is 88.6. The molecule has 0 spiro atoms. The largest absolute Gasteiger partial charge is 0.573 e. The first-order chi connectivity index (χ1) is 59.1. The number of piperazine rings is 2. The van der Waals surface area contributed by atoms with Gasteiger partial charge in [0.05, 0.1) is 90.0 Å². The molecule has 10 heterocycles. The minimum Gasteiger partial charge on any atom is -0.453 e. The second-order valence-electron chi connectivity index (χ2n) is 33.1. The summed E-state index contributed by atoms with van der Waals surface area (Å²) in [5, 5.41) is 13.9. The van der Waals surface area contributed by atoms with Crippen LogP contribution in [0.5, 0.6) is 11.5 Å². The molecule has 7 N–H and O–H groups in total. The number of aromatic amines is 2. The van der Waals surface area contributed by atoms with Crippen LogP contribution in [0.3, 0.4) is 0 Å². The number of nitrogens with zero attached hydrogens (tertiary/aromatic N) is 9. The molecule has 6 fully saturated rings. The molecule has 662 valence electrons. The van der Waals surface area contributed by atoms with Crippen molar-refractivity contribution < 1.29 is 92.7 Å². The number of alkyl carbamates (subject to hydrolysis) is 2. The van der Waals surface area contributed by atoms with Crippen molar-refractivity contribution in [2.24, 2.45) is 29.1 Å². The Morgan fingerprint density at radius 2 is 1.01 bits per heavy atom. The molecule has 0 unspecified atom stereocenters. The third-order valence-electron chi connectivity index (χ3n) is 23.1. The molecule has 7 amide bonds. The summed E-state index contributed by atoms with van der Waals surface area (Å²) in [7, 11) is 2.50. The van der Waals surface area contributed by atoms with E-state index in [4.69, 9.17) is 30.5 Å². The molecular formula is C87H100ClF7N16O13. The van der Waals surface area contributed by atoms with Gasteiger partial charge in [-0.3, -0.25) is 24.0 Å². The Morgan fingerprint density at radius 3 is 1.45 bits per heavy atom. The van der Waals surface area contributed by atoms with Crippen LogP contribution < -0.4 is 45.9 Å². The topological polar surface area (TPSA) is 334 Å². The highest BCUT2D eigenvalue weighted by Crippen LogP contribution is 2.44. The Labute approximate surface area is 716 Å². The van der Waals surface area contributed by atoms with Crippen molar-refractivity contribution in [1.29, 1.82) is 0 Å². The average Bonchev–Trinajstić information content (AvgIpc) is 1.03. The van der Waals surface area contributed by atoms with Gasteiger partial charge in [0.2, 0.25) is 17.7 Å². The number of methoxy groups -OCH3 is 2. The van der Waals surface area contributed by atoms with Gasteiger partial charge < -0.3 is 89.5 Å². The fourth-order valence-electron chi connectivity index (χ4n) is 16.8. The van der Waals surface area contributed by atoms with Gasteiger partial charge in [-0.2, -0.15) is 0 Å². The van der Waals surface area contributed by atoms with Gasteiger partial charge in [-0.1, -0.05) is 94.8 Å². The van der Waals surface area contributed by atoms with Gasteiger partial charge in [-0.25, -0.2) is 33.9 Å². The molecule has 6 aliphatic rings. The Kier molecular flexibility index (Phi) is 28.1. The van der Waals surface area contributed by atoms with Gasteiger partial charge >= 0.3 is 24.9 Å². The van der Waals surface area contributed by atoms with Crippen molar-refractivity contribution in [1.82, 2.24) is 60.6 Å². The van der Waals surface area contributed by atoms with Crippen LogP contribution in [0.4, 0.5) is 63.3 Å². The second kappa shape index (κ2) is 38.6. The van der Waals surface area contributed by atoms with Crippen molar-refractivity contribution in [3.63, 3.8) is 0 Å². The number of carbonyl (C=O) groups excluding carboxylic acids is 7. The highest BCUT2D eigenvalue weighted by molar-refractivity contribution is 6.35. The SMILES string of the molecule is COC(=O)N[C@H](C(=O)N1C[C@@H](C)C[C@H]1c1ncc(-c2ccc(-c3cc(Cl)c(C(=O)Nc4ccc(N5CCN(C(=O)C(C)(C)C)C[C@H]5C)nc4)cc3OC(F)(F)F)cc2)[nH]1)C1CCOCC1.COC(=O)N[C@H](C(=O)N1C[C@@H](C)C[C@H]1c1ncc(-c2ccc(-c3ccc(C(=O)Nc4ccc(N5CCNC[C@H]5C)nc4)c(F)c3OC(F)(F)F)cc2)[nH]1)C1CCOCC1. The first-order valence-corrected chi connectivity index (χ1v) is 41.5. The molecular weight excluding hydrogens is 1650 g/mol. The van der Waals surface area contributed by atoms with Crippen molar-refractivity contribution in [3.05, 3.63) is 155 Å². The maximum Gasteiger partial charge on any atom is 0.573 e. The zero-order valence-electron chi connectivity index (χ0n) is 69.9. The fourth-order valence-corrected chi connectivity index (χ4v) is 17.0. The molecule has 0 bridgehead atoms. The van der Waals surface area contributed by atoms with Crippen LogP contribution >= 0.6 is 11.6 Å². The van der Waals surface area contributed by atoms with Gasteiger partial charge in [0.15, 0.2) is 11.6 Å². The molecule has 124 heavy (non-hydrogen) atoms. The normalized spacial score (nSPS) is 20.3. The number of likely N-dealkylation sites (tertiary alicyclic amines) is 2. The van der Waals surface area contributed by atoms with E-state index in [1.54, 1.807) is 82.9 Å². The number of pyridine rings is 2. The number of anilines is 4. The number of imidazole rings is 2. The monoisotopic (exact) mass is 1740 g/mol. The Bertz CT molecular complexity index is 5120. The smallest absolute Gasteiger partial charge is 0.453 e. The number of H-pyrrole nitrogens is 2. The molecule has 0 radical (unpaired) electrons. The lowest BCUT2D eigenvalue weighted by Gasteiger charge is -2.42. The second-order valence-corrected chi connectivity index (χ2v) is 33.5. The van der Waals surface area contributed by atoms with E-state index in [0.29, 0.717) is 155 Å². The zero-order valence-corrected chi connectivity index (χ0v) is 70.7. The van der Waals surface area contributed by atoms with Gasteiger partial charge in [0.1, 0.15) is 41.1 Å². The van der Waals surface area contributed by atoms with E-state index in [1.165, 1.54) is 50.9 Å². The first kappa shape index (κ1) is 90.1. The summed E-state index contributed by atoms with van der Waals surface area (Å²) in [4.78, 5) is 127. The van der Waals surface area contributed by atoms with Crippen molar-refractivity contribution >= 4 is 76.3 Å². The van der Waals surface area contributed by atoms with Crippen LogP contribution in [0.1, 0.15) is 131 Å². The van der Waals surface area contributed by atoms with Gasteiger partial charge in [-0.15, -0.1) is 26.3 Å². The van der Waals surface area contributed by atoms with Crippen LogP contribution in [0, 0.1) is 34.9 Å². The standard InChI is InChI=1S/C46H54ClF3N8O7.C41H46F4N8O6/c1-26-19-36(58(24-26)42(60)39(55-44(62)63-6)30-13-17-64-18-14-30)40-52-23-35(54-40)29-9-7-28(8-10-29)32-20-34(47)33(21-37(32)65-46(48,49)50)41(59)53-31-11-12-38(51-22-31)57-16-15-56(25-27(57)2)43(61)45(3,4)5;1-23-18-32(53(22-23)39(55)35(51-40(56)57-3)27-12-16-58-17-13-27)37-48-21-31(50-37)26-6-4-25(5-7-26)29-9-10-30(34(42)36(29)59-41(43,44)45)38(54)49-28-8-11-33(47-20-28)52-15-14-46-19-24(52)2/h7-12,20-23,26-27,30,36,39H,13-19,24-25H2,1-6H3,(H,52,54)(H,53,59)(H,55,62);4-11,20-21,23-24,27,32,35,46H,12-19,22H2,1-3H3,(H,48,50)(H,49,54)(H,51,56)/t26-,27+,36-,39-;23-,24+,32-,35-/m00/s1. The van der Waals surface area contributed by atoms with E-state index in [1.807, 2.05) is 46.4 Å². The Balaban J connectivity index is 0.000000214. The summed E-state index contributed by atoms with van der Waals surface area (Å²) in [6.45, 7) is 20.6. The van der Waals surface area contributed by atoms with Crippen molar-refractivity contribution in [2.45, 2.75) is 136 Å². The van der Waals surface area contributed by atoms with E-state index in [-0.39, 0.29) is 86.4 Å². The molecule has 29 nitrogen and oxygen atoms in total. The molecule has 6 saturated heterocycles. The Morgan fingerprint density at radius 1 is 0.540 bits per heavy atom. The van der Waals surface area contributed by atoms with Gasteiger partial charge in [-0.05, 0) is 147 Å². The quantitative estimate of drug-likeness (QED) is 0.0349.